The molecule has 0 spiro atoms. The fraction of sp³-hybridized carbons (Fsp3) is 0.182. The van der Waals surface area contributed by atoms with Crippen molar-refractivity contribution < 1.29 is 18.0 Å². The van der Waals surface area contributed by atoms with Gasteiger partial charge in [0.1, 0.15) is 6.29 Å². The molecule has 0 aliphatic rings. The van der Waals surface area contributed by atoms with Gasteiger partial charge in [0.05, 0.1) is 12.0 Å². The van der Waals surface area contributed by atoms with Crippen molar-refractivity contribution in [2.45, 2.75) is 12.6 Å². The van der Waals surface area contributed by atoms with E-state index in [9.17, 15) is 18.0 Å². The summed E-state index contributed by atoms with van der Waals surface area (Å²) >= 11 is 0. The van der Waals surface area contributed by atoms with Gasteiger partial charge in [0.15, 0.2) is 0 Å². The van der Waals surface area contributed by atoms with Gasteiger partial charge in [-0.3, -0.25) is 0 Å². The number of nitrogens with two attached hydrogens (primary N) is 1. The van der Waals surface area contributed by atoms with Crippen molar-refractivity contribution in [1.82, 2.24) is 0 Å². The van der Waals surface area contributed by atoms with Crippen LogP contribution in [-0.4, -0.2) is 6.29 Å². The van der Waals surface area contributed by atoms with Crippen molar-refractivity contribution >= 4 is 12.0 Å². The molecule has 0 aliphatic carbocycles. The van der Waals surface area contributed by atoms with Gasteiger partial charge in [-0.15, -0.1) is 0 Å². The van der Waals surface area contributed by atoms with Crippen LogP contribution in [0, 0.1) is 11.8 Å². The molecule has 0 unspecified atom stereocenters. The number of benzene rings is 1. The summed E-state index contributed by atoms with van der Waals surface area (Å²) in [5.41, 5.74) is 4.89. The van der Waals surface area contributed by atoms with Crippen molar-refractivity contribution in [2.75, 3.05) is 5.73 Å². The van der Waals surface area contributed by atoms with E-state index in [-0.39, 0.29) is 17.7 Å². The molecule has 16 heavy (non-hydrogen) atoms. The Morgan fingerprint density at radius 2 is 2.06 bits per heavy atom. The van der Waals surface area contributed by atoms with Crippen LogP contribution in [0.2, 0.25) is 0 Å². The average molecular weight is 227 g/mol. The van der Waals surface area contributed by atoms with E-state index in [1.54, 1.807) is 0 Å². The number of halogens is 3. The van der Waals surface area contributed by atoms with Crippen molar-refractivity contribution in [3.05, 3.63) is 29.3 Å². The monoisotopic (exact) mass is 227 g/mol. The van der Waals surface area contributed by atoms with Gasteiger partial charge in [-0.1, -0.05) is 11.8 Å². The molecule has 0 heterocycles. The molecule has 0 fully saturated rings. The Labute approximate surface area is 90.3 Å². The highest BCUT2D eigenvalue weighted by atomic mass is 19.4. The lowest BCUT2D eigenvalue weighted by molar-refractivity contribution is -0.137. The Hall–Kier alpha value is -1.96. The predicted octanol–water partition coefficient (Wildman–Crippen LogP) is 2.23. The van der Waals surface area contributed by atoms with Crippen LogP contribution in [-0.2, 0) is 11.0 Å². The van der Waals surface area contributed by atoms with E-state index in [1.807, 2.05) is 0 Å². The molecule has 0 bridgehead atoms. The van der Waals surface area contributed by atoms with Crippen LogP contribution >= 0.6 is 0 Å². The van der Waals surface area contributed by atoms with Crippen LogP contribution in [0.15, 0.2) is 18.2 Å². The molecule has 1 aromatic rings. The van der Waals surface area contributed by atoms with E-state index in [0.29, 0.717) is 6.29 Å². The van der Waals surface area contributed by atoms with Gasteiger partial charge in [-0.25, -0.2) is 0 Å². The van der Waals surface area contributed by atoms with E-state index in [1.165, 1.54) is 0 Å². The van der Waals surface area contributed by atoms with E-state index in [4.69, 9.17) is 5.73 Å². The third-order valence-corrected chi connectivity index (χ3v) is 1.79. The minimum Gasteiger partial charge on any atom is -0.398 e. The maximum absolute atomic E-state index is 12.3. The van der Waals surface area contributed by atoms with Gasteiger partial charge in [-0.2, -0.15) is 13.2 Å². The highest BCUT2D eigenvalue weighted by Crippen LogP contribution is 2.30. The molecule has 84 valence electrons. The molecule has 5 heteroatoms. The minimum absolute atomic E-state index is 0.0321. The first kappa shape index (κ1) is 12.1. The largest absolute Gasteiger partial charge is 0.416 e. The highest BCUT2D eigenvalue weighted by Gasteiger charge is 2.30. The quantitative estimate of drug-likeness (QED) is 0.454. The second-order valence-electron chi connectivity index (χ2n) is 2.97. The highest BCUT2D eigenvalue weighted by molar-refractivity contribution is 5.60. The average Bonchev–Trinajstić information content (AvgIpc) is 2.19. The zero-order valence-corrected chi connectivity index (χ0v) is 8.14. The number of alkyl halides is 3. The van der Waals surface area contributed by atoms with Crippen LogP contribution in [0.1, 0.15) is 17.5 Å². The zero-order valence-electron chi connectivity index (χ0n) is 8.14. The predicted molar refractivity (Wildman–Crippen MR) is 53.4 cm³/mol. The summed E-state index contributed by atoms with van der Waals surface area (Å²) in [4.78, 5) is 9.99. The van der Waals surface area contributed by atoms with Crippen LogP contribution in [0.3, 0.4) is 0 Å². The summed E-state index contributed by atoms with van der Waals surface area (Å²) in [6, 6.07) is 2.90. The molecule has 0 radical (unpaired) electrons. The Morgan fingerprint density at radius 1 is 1.38 bits per heavy atom. The smallest absolute Gasteiger partial charge is 0.398 e. The summed E-state index contributed by atoms with van der Waals surface area (Å²) in [6.07, 6.45) is -3.89. The summed E-state index contributed by atoms with van der Waals surface area (Å²) in [5.74, 6) is 4.83. The Balaban J connectivity index is 3.10. The lowest BCUT2D eigenvalue weighted by Gasteiger charge is -2.07. The number of hydrogen-bond acceptors (Lipinski definition) is 2. The van der Waals surface area contributed by atoms with Gasteiger partial charge in [0.2, 0.25) is 0 Å². The normalized spacial score (nSPS) is 10.4. The van der Waals surface area contributed by atoms with Crippen LogP contribution < -0.4 is 5.73 Å². The van der Waals surface area contributed by atoms with E-state index in [2.05, 4.69) is 11.8 Å². The van der Waals surface area contributed by atoms with Crippen LogP contribution in [0.5, 0.6) is 0 Å². The molecule has 1 rings (SSSR count). The summed E-state index contributed by atoms with van der Waals surface area (Å²) in [6.45, 7) is 0. The summed E-state index contributed by atoms with van der Waals surface area (Å²) in [7, 11) is 0. The van der Waals surface area contributed by atoms with Gasteiger partial charge >= 0.3 is 6.18 Å². The number of hydrogen-bond donors (Lipinski definition) is 1. The van der Waals surface area contributed by atoms with Crippen molar-refractivity contribution in [1.29, 1.82) is 0 Å². The van der Waals surface area contributed by atoms with Crippen LogP contribution in [0.25, 0.3) is 0 Å². The Kier molecular flexibility index (Phi) is 3.56. The number of carbonyl (C=O) groups is 1. The topological polar surface area (TPSA) is 43.1 Å². The first-order valence-corrected chi connectivity index (χ1v) is 4.34. The van der Waals surface area contributed by atoms with Crippen molar-refractivity contribution in [3.63, 3.8) is 0 Å². The van der Waals surface area contributed by atoms with Crippen molar-refractivity contribution in [2.24, 2.45) is 0 Å². The molecule has 0 amide bonds. The fourth-order valence-electron chi connectivity index (χ4n) is 1.03. The number of aldehydes is 1. The first-order chi connectivity index (χ1) is 7.45. The molecule has 1 aromatic carbocycles. The molecule has 0 aromatic heterocycles. The second-order valence-corrected chi connectivity index (χ2v) is 2.97. The standard InChI is InChI=1S/C11H8F3NO/c12-11(13,14)9-4-5-10(15)8(7-9)3-1-2-6-16/h4-7H,2,15H2. The van der Waals surface area contributed by atoms with E-state index < -0.39 is 11.7 Å². The zero-order chi connectivity index (χ0) is 12.2. The third-order valence-electron chi connectivity index (χ3n) is 1.79. The minimum atomic E-state index is -4.42. The molecular formula is C11H8F3NO. The molecule has 0 saturated carbocycles. The molecular weight excluding hydrogens is 219 g/mol. The number of anilines is 1. The van der Waals surface area contributed by atoms with E-state index in [0.717, 1.165) is 18.2 Å². The lowest BCUT2D eigenvalue weighted by atomic mass is 10.1. The maximum atomic E-state index is 12.3. The lowest BCUT2D eigenvalue weighted by Crippen LogP contribution is -2.05. The third kappa shape index (κ3) is 3.02. The summed E-state index contributed by atoms with van der Waals surface area (Å²) in [5, 5.41) is 0. The second kappa shape index (κ2) is 4.71. The van der Waals surface area contributed by atoms with Gasteiger partial charge in [0.25, 0.3) is 0 Å². The van der Waals surface area contributed by atoms with Crippen molar-refractivity contribution in [3.8, 4) is 11.8 Å². The van der Waals surface area contributed by atoms with Gasteiger partial charge in [0, 0.05) is 11.3 Å². The number of rotatable bonds is 1. The number of nitrogen functional groups attached to an aromatic ring is 1. The molecule has 2 nitrogen and oxygen atoms in total. The van der Waals surface area contributed by atoms with Gasteiger partial charge < -0.3 is 10.5 Å². The molecule has 0 atom stereocenters. The Morgan fingerprint density at radius 3 is 2.62 bits per heavy atom. The molecule has 2 N–H and O–H groups in total. The van der Waals surface area contributed by atoms with Crippen LogP contribution in [0.4, 0.5) is 18.9 Å². The molecule has 0 aliphatic heterocycles. The molecule has 0 saturated heterocycles. The maximum Gasteiger partial charge on any atom is 0.416 e. The van der Waals surface area contributed by atoms with E-state index >= 15 is 0 Å². The first-order valence-electron chi connectivity index (χ1n) is 4.34. The van der Waals surface area contributed by atoms with Gasteiger partial charge in [-0.05, 0) is 18.2 Å². The fourth-order valence-corrected chi connectivity index (χ4v) is 1.03. The number of carbonyl (C=O) groups excluding carboxylic acids is 1. The SMILES string of the molecule is Nc1ccc(C(F)(F)F)cc1C#CCC=O. The summed E-state index contributed by atoms with van der Waals surface area (Å²) < 4.78 is 37.0. The Bertz CT molecular complexity index is 455.